The Hall–Kier alpha value is -2.84. The van der Waals surface area contributed by atoms with Gasteiger partial charge in [-0.05, 0) is 72.5 Å². The van der Waals surface area contributed by atoms with E-state index in [1.807, 2.05) is 47.9 Å². The molecule has 5 aromatic rings. The summed E-state index contributed by atoms with van der Waals surface area (Å²) in [5, 5.41) is 0. The summed E-state index contributed by atoms with van der Waals surface area (Å²) in [5.74, 6) is 0. The van der Waals surface area contributed by atoms with Gasteiger partial charge in [-0.3, -0.25) is 0 Å². The molecule has 0 fully saturated rings. The minimum atomic E-state index is 0.662. The first-order chi connectivity index (χ1) is 20.7. The van der Waals surface area contributed by atoms with E-state index in [1.165, 1.54) is 51.5 Å². The lowest BCUT2D eigenvalue weighted by molar-refractivity contribution is 0.0543. The van der Waals surface area contributed by atoms with Crippen LogP contribution in [0.3, 0.4) is 0 Å². The molecule has 0 atom stereocenters. The maximum atomic E-state index is 5.68. The topological polar surface area (TPSA) is 27.7 Å². The molecule has 3 heterocycles. The van der Waals surface area contributed by atoms with Crippen LogP contribution in [0, 0.1) is 0 Å². The molecule has 0 amide bonds. The molecule has 0 bridgehead atoms. The fourth-order valence-corrected chi connectivity index (χ4v) is 7.59. The Labute approximate surface area is 262 Å². The summed E-state index contributed by atoms with van der Waals surface area (Å²) >= 11 is 5.56. The van der Waals surface area contributed by atoms with E-state index in [2.05, 4.69) is 97.1 Å². The third kappa shape index (κ3) is 8.83. The van der Waals surface area contributed by atoms with Gasteiger partial charge >= 0.3 is 0 Å². The lowest BCUT2D eigenvalue weighted by Gasteiger charge is -2.02. The van der Waals surface area contributed by atoms with Gasteiger partial charge in [-0.25, -0.2) is 0 Å². The maximum absolute atomic E-state index is 5.68. The third-order valence-corrected chi connectivity index (χ3v) is 10.5. The fourth-order valence-electron chi connectivity index (χ4n) is 4.50. The molecule has 0 radical (unpaired) electrons. The summed E-state index contributed by atoms with van der Waals surface area (Å²) < 4.78 is 16.5. The second-order valence-corrected chi connectivity index (χ2v) is 13.2. The Morgan fingerprint density at radius 3 is 1.50 bits per heavy atom. The van der Waals surface area contributed by atoms with Crippen molar-refractivity contribution in [3.8, 4) is 30.6 Å². The Morgan fingerprint density at radius 2 is 0.881 bits per heavy atom. The molecule has 5 rings (SSSR count). The quantitative estimate of drug-likeness (QED) is 0.0818. The Balaban J connectivity index is 1.13. The molecule has 2 aromatic carbocycles. The van der Waals surface area contributed by atoms with E-state index in [4.69, 9.17) is 14.2 Å². The van der Waals surface area contributed by atoms with E-state index < -0.39 is 0 Å². The smallest absolute Gasteiger partial charge is 0.0700 e. The van der Waals surface area contributed by atoms with Gasteiger partial charge in [0.05, 0.1) is 26.4 Å². The van der Waals surface area contributed by atoms with Gasteiger partial charge in [0.1, 0.15) is 0 Å². The molecule has 218 valence electrons. The number of benzene rings is 2. The number of hydrogen-bond donors (Lipinski definition) is 0. The lowest BCUT2D eigenvalue weighted by atomic mass is 10.1. The predicted octanol–water partition coefficient (Wildman–Crippen LogP) is 10.2. The first kappa shape index (κ1) is 30.6. The second-order valence-electron chi connectivity index (χ2n) is 9.78. The van der Waals surface area contributed by atoms with Gasteiger partial charge in [-0.1, -0.05) is 60.7 Å². The predicted molar refractivity (Wildman–Crippen MR) is 183 cm³/mol. The highest BCUT2D eigenvalue weighted by Crippen LogP contribution is 2.38. The summed E-state index contributed by atoms with van der Waals surface area (Å²) in [6.07, 6.45) is 6.29. The van der Waals surface area contributed by atoms with Crippen molar-refractivity contribution in [1.82, 2.24) is 0 Å². The van der Waals surface area contributed by atoms with Crippen molar-refractivity contribution in [3.05, 3.63) is 106 Å². The monoisotopic (exact) mass is 614 g/mol. The van der Waals surface area contributed by atoms with E-state index in [0.29, 0.717) is 13.2 Å². The average molecular weight is 615 g/mol. The third-order valence-electron chi connectivity index (χ3n) is 6.80. The Bertz CT molecular complexity index is 1520. The number of hydrogen-bond acceptors (Lipinski definition) is 6. The normalized spacial score (nSPS) is 11.6. The molecule has 3 nitrogen and oxygen atoms in total. The van der Waals surface area contributed by atoms with Crippen LogP contribution in [-0.2, 0) is 27.1 Å². The van der Waals surface area contributed by atoms with Gasteiger partial charge in [0.25, 0.3) is 0 Å². The van der Waals surface area contributed by atoms with E-state index in [9.17, 15) is 0 Å². The molecule has 6 heteroatoms. The molecule has 0 N–H and O–H groups in total. The zero-order chi connectivity index (χ0) is 29.0. The van der Waals surface area contributed by atoms with Gasteiger partial charge in [0.2, 0.25) is 0 Å². The van der Waals surface area contributed by atoms with Gasteiger partial charge in [0.15, 0.2) is 0 Å². The average Bonchev–Trinajstić information content (AvgIpc) is 3.80. The van der Waals surface area contributed by atoms with Crippen LogP contribution < -0.4 is 0 Å². The molecule has 42 heavy (non-hydrogen) atoms. The Kier molecular flexibility index (Phi) is 11.8. The molecule has 0 unspecified atom stereocenters. The minimum Gasteiger partial charge on any atom is -0.381 e. The van der Waals surface area contributed by atoms with Crippen LogP contribution >= 0.6 is 34.0 Å². The highest BCUT2D eigenvalue weighted by molar-refractivity contribution is 7.23. The van der Waals surface area contributed by atoms with Crippen molar-refractivity contribution in [2.45, 2.75) is 26.7 Å². The summed E-state index contributed by atoms with van der Waals surface area (Å²) in [7, 11) is 0. The molecule has 0 saturated carbocycles. The number of ether oxygens (including phenoxy) is 3. The highest BCUT2D eigenvalue weighted by atomic mass is 32.1. The van der Waals surface area contributed by atoms with Crippen molar-refractivity contribution < 1.29 is 14.2 Å². The van der Waals surface area contributed by atoms with Crippen molar-refractivity contribution in [2.24, 2.45) is 0 Å². The highest BCUT2D eigenvalue weighted by Gasteiger charge is 2.08. The van der Waals surface area contributed by atoms with Crippen LogP contribution in [0.15, 0.2) is 84.9 Å². The fraction of sp³-hybridized carbons (Fsp3) is 0.278. The Morgan fingerprint density at radius 1 is 0.452 bits per heavy atom. The number of thiophene rings is 3. The first-order valence-corrected chi connectivity index (χ1v) is 17.1. The molecule has 0 aliphatic heterocycles. The standard InChI is InChI=1S/C36H38O3S3/c1-3-37-23-21-31-15-17-33(40-31)29-11-7-27(8-12-29)5-6-28-9-13-30(14-10-28)34-19-20-36(42-34)35-18-16-32(41-35)22-24-39-26-25-38-4-2/h5-20H,3-4,21-26H2,1-2H3. The van der Waals surface area contributed by atoms with Crippen LogP contribution in [0.25, 0.3) is 42.8 Å². The minimum absolute atomic E-state index is 0.662. The molecule has 0 saturated heterocycles. The molecule has 0 spiro atoms. The van der Waals surface area contributed by atoms with Crippen molar-refractivity contribution in [2.75, 3.05) is 39.6 Å². The molecular weight excluding hydrogens is 577 g/mol. The first-order valence-electron chi connectivity index (χ1n) is 14.6. The summed E-state index contributed by atoms with van der Waals surface area (Å²) in [6.45, 7) is 8.42. The lowest BCUT2D eigenvalue weighted by Crippen LogP contribution is -2.05. The van der Waals surface area contributed by atoms with Gasteiger partial charge in [-0.15, -0.1) is 34.0 Å². The van der Waals surface area contributed by atoms with Crippen LogP contribution in [0.1, 0.15) is 34.7 Å². The van der Waals surface area contributed by atoms with E-state index in [1.54, 1.807) is 0 Å². The summed E-state index contributed by atoms with van der Waals surface area (Å²) in [5.41, 5.74) is 4.92. The van der Waals surface area contributed by atoms with Gasteiger partial charge in [0, 0.05) is 55.3 Å². The molecular formula is C36H38O3S3. The summed E-state index contributed by atoms with van der Waals surface area (Å²) in [6, 6.07) is 31.0. The van der Waals surface area contributed by atoms with Crippen LogP contribution in [0.2, 0.25) is 0 Å². The van der Waals surface area contributed by atoms with Crippen LogP contribution in [0.5, 0.6) is 0 Å². The van der Waals surface area contributed by atoms with Crippen molar-refractivity contribution in [3.63, 3.8) is 0 Å². The maximum Gasteiger partial charge on any atom is 0.0700 e. The van der Waals surface area contributed by atoms with Crippen LogP contribution in [0.4, 0.5) is 0 Å². The van der Waals surface area contributed by atoms with Gasteiger partial charge in [-0.2, -0.15) is 0 Å². The zero-order valence-electron chi connectivity index (χ0n) is 24.3. The van der Waals surface area contributed by atoms with Crippen molar-refractivity contribution in [1.29, 1.82) is 0 Å². The van der Waals surface area contributed by atoms with E-state index >= 15 is 0 Å². The van der Waals surface area contributed by atoms with Crippen molar-refractivity contribution >= 4 is 46.2 Å². The molecule has 0 aliphatic carbocycles. The molecule has 3 aromatic heterocycles. The SMILES string of the molecule is CCOCCOCCc1ccc(-c2ccc(-c3ccc(C=Cc4ccc(-c5ccc(CCOCC)s5)cc4)cc3)s2)s1. The largest absolute Gasteiger partial charge is 0.381 e. The summed E-state index contributed by atoms with van der Waals surface area (Å²) in [4.78, 5) is 7.97. The van der Waals surface area contributed by atoms with E-state index in [-0.39, 0.29) is 0 Å². The zero-order valence-corrected chi connectivity index (χ0v) is 26.8. The van der Waals surface area contributed by atoms with Crippen LogP contribution in [-0.4, -0.2) is 39.6 Å². The second kappa shape index (κ2) is 16.1. The van der Waals surface area contributed by atoms with E-state index in [0.717, 1.165) is 39.3 Å². The molecule has 0 aliphatic rings. The number of rotatable bonds is 16. The van der Waals surface area contributed by atoms with Gasteiger partial charge < -0.3 is 14.2 Å².